The van der Waals surface area contributed by atoms with E-state index in [1.54, 1.807) is 0 Å². The fraction of sp³-hybridized carbons (Fsp3) is 1.00. The molecule has 0 heterocycles. The van der Waals surface area contributed by atoms with Gasteiger partial charge in [-0.1, -0.05) is 49.6 Å². The molecule has 0 aliphatic rings. The summed E-state index contributed by atoms with van der Waals surface area (Å²) in [5.41, 5.74) is 0.845. The quantitative estimate of drug-likeness (QED) is 0.614. The molecule has 11 heavy (non-hydrogen) atoms. The lowest BCUT2D eigenvalue weighted by atomic mass is 10.1. The van der Waals surface area contributed by atoms with Crippen LogP contribution in [0.4, 0.5) is 0 Å². The molecule has 0 radical (unpaired) electrons. The van der Waals surface area contributed by atoms with Gasteiger partial charge in [-0.3, -0.25) is 0 Å². The van der Waals surface area contributed by atoms with Gasteiger partial charge in [0, 0.05) is 0 Å². The second-order valence-corrected chi connectivity index (χ2v) is 8.77. The maximum absolute atomic E-state index is 3.76. The van der Waals surface area contributed by atoms with Crippen LogP contribution in [0.1, 0.15) is 40.5 Å². The Hall–Kier alpha value is 0.910. The number of hydrogen-bond acceptors (Lipinski definition) is 0. The molecule has 0 spiro atoms. The molecular formula is C9H20BrP. The van der Waals surface area contributed by atoms with Crippen molar-refractivity contribution in [1.29, 1.82) is 0 Å². The fourth-order valence-electron chi connectivity index (χ4n) is 0.909. The second-order valence-electron chi connectivity index (χ2n) is 3.75. The lowest BCUT2D eigenvalue weighted by molar-refractivity contribution is 0.578. The lowest BCUT2D eigenvalue weighted by Crippen LogP contribution is -1.94. The van der Waals surface area contributed by atoms with Crippen LogP contribution in [0.3, 0.4) is 0 Å². The van der Waals surface area contributed by atoms with Crippen molar-refractivity contribution < 1.29 is 0 Å². The lowest BCUT2D eigenvalue weighted by Gasteiger charge is -2.14. The largest absolute Gasteiger partial charge is 0.0628 e. The van der Waals surface area contributed by atoms with Gasteiger partial charge in [-0.2, -0.15) is 0 Å². The van der Waals surface area contributed by atoms with E-state index in [2.05, 4.69) is 43.2 Å². The van der Waals surface area contributed by atoms with Gasteiger partial charge in [0.1, 0.15) is 0 Å². The Morgan fingerprint density at radius 1 is 1.18 bits per heavy atom. The summed E-state index contributed by atoms with van der Waals surface area (Å²) in [5, 5.41) is 0. The van der Waals surface area contributed by atoms with E-state index in [0.29, 0.717) is 0 Å². The predicted molar refractivity (Wildman–Crippen MR) is 59.9 cm³/mol. The molecule has 68 valence electrons. The molecular weight excluding hydrogens is 219 g/mol. The van der Waals surface area contributed by atoms with E-state index in [0.717, 1.165) is 11.6 Å². The molecule has 0 aliphatic heterocycles. The molecule has 0 aromatic carbocycles. The number of hydrogen-bond donors (Lipinski definition) is 0. The third-order valence-electron chi connectivity index (χ3n) is 1.71. The zero-order chi connectivity index (χ0) is 8.85. The van der Waals surface area contributed by atoms with E-state index in [4.69, 9.17) is 0 Å². The monoisotopic (exact) mass is 238 g/mol. The van der Waals surface area contributed by atoms with Gasteiger partial charge >= 0.3 is 0 Å². The highest BCUT2D eigenvalue weighted by atomic mass is 79.9. The molecule has 0 amide bonds. The maximum Gasteiger partial charge on any atom is -0.0168 e. The topological polar surface area (TPSA) is 0 Å². The minimum Gasteiger partial charge on any atom is -0.0628 e. The van der Waals surface area contributed by atoms with E-state index >= 15 is 0 Å². The fourth-order valence-corrected chi connectivity index (χ4v) is 2.66. The molecule has 0 fully saturated rings. The van der Waals surface area contributed by atoms with E-state index in [-0.39, 0.29) is 6.62 Å². The Morgan fingerprint density at radius 2 is 1.73 bits per heavy atom. The van der Waals surface area contributed by atoms with Crippen molar-refractivity contribution in [3.05, 3.63) is 0 Å². The number of halogens is 1. The Labute approximate surface area is 80.6 Å². The van der Waals surface area contributed by atoms with Crippen molar-refractivity contribution >= 4 is 22.1 Å². The molecule has 1 atom stereocenters. The zero-order valence-electron chi connectivity index (χ0n) is 8.10. The van der Waals surface area contributed by atoms with Crippen LogP contribution in [0.15, 0.2) is 0 Å². The highest BCUT2D eigenvalue weighted by Gasteiger charge is 2.07. The maximum atomic E-state index is 3.76. The van der Waals surface area contributed by atoms with Crippen LogP contribution in [-0.2, 0) is 0 Å². The summed E-state index contributed by atoms with van der Waals surface area (Å²) < 4.78 is 0. The van der Waals surface area contributed by atoms with Gasteiger partial charge < -0.3 is 0 Å². The molecule has 0 bridgehead atoms. The van der Waals surface area contributed by atoms with E-state index in [9.17, 15) is 0 Å². The minimum atomic E-state index is 0.142. The van der Waals surface area contributed by atoms with Crippen LogP contribution in [0.2, 0.25) is 0 Å². The summed E-state index contributed by atoms with van der Waals surface area (Å²) in [6, 6.07) is 0. The summed E-state index contributed by atoms with van der Waals surface area (Å²) >= 11 is 3.76. The molecule has 0 rings (SSSR count). The van der Waals surface area contributed by atoms with Crippen molar-refractivity contribution in [2.75, 3.05) is 6.16 Å². The summed E-state index contributed by atoms with van der Waals surface area (Å²) in [5.74, 6) is 0.873. The molecule has 0 aromatic heterocycles. The average molecular weight is 239 g/mol. The highest BCUT2D eigenvalue weighted by molar-refractivity contribution is 9.39. The van der Waals surface area contributed by atoms with Crippen molar-refractivity contribution in [3.63, 3.8) is 0 Å². The van der Waals surface area contributed by atoms with Crippen LogP contribution in [-0.4, -0.2) is 11.8 Å². The first-order valence-corrected chi connectivity index (χ1v) is 8.08. The second kappa shape index (κ2) is 6.43. The molecule has 0 aliphatic carbocycles. The van der Waals surface area contributed by atoms with Gasteiger partial charge in [0.2, 0.25) is 0 Å². The van der Waals surface area contributed by atoms with Crippen LogP contribution in [0, 0.1) is 5.92 Å². The first-order chi connectivity index (χ1) is 5.04. The van der Waals surface area contributed by atoms with E-state index in [1.807, 2.05) is 0 Å². The third kappa shape index (κ3) is 7.28. The van der Waals surface area contributed by atoms with Crippen molar-refractivity contribution in [3.8, 4) is 0 Å². The highest BCUT2D eigenvalue weighted by Crippen LogP contribution is 2.49. The van der Waals surface area contributed by atoms with Gasteiger partial charge in [-0.25, -0.2) is 0 Å². The third-order valence-corrected chi connectivity index (χ3v) is 7.10. The molecule has 2 heteroatoms. The van der Waals surface area contributed by atoms with Crippen molar-refractivity contribution in [2.45, 2.75) is 46.2 Å². The first-order valence-electron chi connectivity index (χ1n) is 4.46. The minimum absolute atomic E-state index is 0.142. The normalized spacial score (nSPS) is 14.5. The van der Waals surface area contributed by atoms with E-state index < -0.39 is 0 Å². The van der Waals surface area contributed by atoms with Crippen LogP contribution in [0.25, 0.3) is 0 Å². The molecule has 0 N–H and O–H groups in total. The van der Waals surface area contributed by atoms with Crippen LogP contribution < -0.4 is 0 Å². The molecule has 0 saturated carbocycles. The van der Waals surface area contributed by atoms with Crippen LogP contribution >= 0.6 is 22.1 Å². The van der Waals surface area contributed by atoms with Gasteiger partial charge in [0.25, 0.3) is 0 Å². The Kier molecular flexibility index (Phi) is 6.96. The number of rotatable bonds is 5. The predicted octanol–water partition coefficient (Wildman–Crippen LogP) is 4.62. The standard InChI is InChI=1S/C9H20BrP/c1-8(2)6-5-7-11(10)9(3)4/h8-9H,5-7H2,1-4H3. The Balaban J connectivity index is 3.24. The van der Waals surface area contributed by atoms with Gasteiger partial charge in [-0.05, 0) is 30.8 Å². The van der Waals surface area contributed by atoms with Gasteiger partial charge in [-0.15, -0.1) is 0 Å². The zero-order valence-corrected chi connectivity index (χ0v) is 10.6. The SMILES string of the molecule is CC(C)CCCP(Br)C(C)C. The summed E-state index contributed by atoms with van der Waals surface area (Å²) in [6.45, 7) is 9.34. The summed E-state index contributed by atoms with van der Waals surface area (Å²) in [6.07, 6.45) is 4.18. The molecule has 1 unspecified atom stereocenters. The molecule has 0 nitrogen and oxygen atoms in total. The van der Waals surface area contributed by atoms with Crippen molar-refractivity contribution in [2.24, 2.45) is 5.92 Å². The molecule has 0 saturated heterocycles. The van der Waals surface area contributed by atoms with Crippen molar-refractivity contribution in [1.82, 2.24) is 0 Å². The van der Waals surface area contributed by atoms with E-state index in [1.165, 1.54) is 19.0 Å². The Bertz CT molecular complexity index is 91.6. The van der Waals surface area contributed by atoms with Gasteiger partial charge in [0.15, 0.2) is 0 Å². The molecule has 0 aromatic rings. The summed E-state index contributed by atoms with van der Waals surface area (Å²) in [4.78, 5) is 0. The smallest absolute Gasteiger partial charge is 0.0168 e. The van der Waals surface area contributed by atoms with Crippen LogP contribution in [0.5, 0.6) is 0 Å². The Morgan fingerprint density at radius 3 is 2.09 bits per heavy atom. The first kappa shape index (κ1) is 11.9. The summed E-state index contributed by atoms with van der Waals surface area (Å²) in [7, 11) is 0. The average Bonchev–Trinajstić information content (AvgIpc) is 1.86. The van der Waals surface area contributed by atoms with Gasteiger partial charge in [0.05, 0.1) is 0 Å².